The van der Waals surface area contributed by atoms with Crippen LogP contribution >= 0.6 is 11.3 Å². The molecule has 0 spiro atoms. The number of aryl methyl sites for hydroxylation is 2. The molecule has 8 heteroatoms. The average Bonchev–Trinajstić information content (AvgIpc) is 2.93. The van der Waals surface area contributed by atoms with Gasteiger partial charge < -0.3 is 15.2 Å². The summed E-state index contributed by atoms with van der Waals surface area (Å²) in [7, 11) is -3.35. The van der Waals surface area contributed by atoms with Gasteiger partial charge in [0.25, 0.3) is 0 Å². The van der Waals surface area contributed by atoms with Gasteiger partial charge in [0.2, 0.25) is 10.0 Å². The van der Waals surface area contributed by atoms with Crippen molar-refractivity contribution in [3.63, 3.8) is 0 Å². The molecule has 3 N–H and O–H groups in total. The van der Waals surface area contributed by atoms with Crippen molar-refractivity contribution in [3.05, 3.63) is 58.5 Å². The van der Waals surface area contributed by atoms with E-state index in [1.807, 2.05) is 6.07 Å². The van der Waals surface area contributed by atoms with Gasteiger partial charge in [0.1, 0.15) is 12.4 Å². The van der Waals surface area contributed by atoms with Gasteiger partial charge in [-0.15, -0.1) is 11.3 Å². The predicted octanol–water partition coefficient (Wildman–Crippen LogP) is 3.59. The number of hydrogen-bond donors (Lipinski definition) is 3. The van der Waals surface area contributed by atoms with E-state index in [0.29, 0.717) is 30.9 Å². The van der Waals surface area contributed by atoms with Crippen LogP contribution in [0, 0.1) is 13.8 Å². The monoisotopic (exact) mass is 434 g/mol. The molecule has 0 radical (unpaired) electrons. The summed E-state index contributed by atoms with van der Waals surface area (Å²) in [6.45, 7) is 5.67. The fourth-order valence-electron chi connectivity index (χ4n) is 3.04. The first-order chi connectivity index (χ1) is 13.7. The molecule has 29 heavy (non-hydrogen) atoms. The Balaban J connectivity index is 1.46. The number of thiophene rings is 1. The van der Waals surface area contributed by atoms with Gasteiger partial charge in [-0.2, -0.15) is 0 Å². The van der Waals surface area contributed by atoms with E-state index in [1.54, 1.807) is 35.6 Å². The summed E-state index contributed by atoms with van der Waals surface area (Å²) in [5.41, 5.74) is 2.39. The van der Waals surface area contributed by atoms with Crippen LogP contribution in [0.15, 0.2) is 42.5 Å². The molecule has 1 unspecified atom stereocenters. The van der Waals surface area contributed by atoms with Crippen LogP contribution in [0.2, 0.25) is 0 Å². The number of hydrogen-bond acceptors (Lipinski definition) is 6. The molecule has 1 atom stereocenters. The zero-order valence-electron chi connectivity index (χ0n) is 16.7. The number of ether oxygens (including phenoxy) is 1. The third kappa shape index (κ3) is 5.93. The van der Waals surface area contributed by atoms with Crippen LogP contribution in [-0.2, 0) is 10.0 Å². The summed E-state index contributed by atoms with van der Waals surface area (Å²) in [6, 6.07) is 12.9. The lowest BCUT2D eigenvalue weighted by molar-refractivity contribution is 0.172. The lowest BCUT2D eigenvalue weighted by atomic mass is 10.1. The van der Waals surface area contributed by atoms with E-state index >= 15 is 0 Å². The Morgan fingerprint density at radius 3 is 2.72 bits per heavy atom. The summed E-state index contributed by atoms with van der Waals surface area (Å²) < 4.78 is 32.1. The number of benzene rings is 2. The SMILES string of the molecule is Cc1sc2cc(OCCNCC(O)c3cccc(NS(C)(=O)=O)c3)ccc2c1C. The third-order valence-corrected chi connectivity index (χ3v) is 6.38. The minimum atomic E-state index is -3.35. The Kier molecular flexibility index (Phi) is 6.79. The van der Waals surface area contributed by atoms with Gasteiger partial charge in [-0.05, 0) is 60.7 Å². The van der Waals surface area contributed by atoms with Crippen molar-refractivity contribution in [1.29, 1.82) is 0 Å². The standard InChI is InChI=1S/C21H26N2O4S2/c1-14-15(2)28-21-12-18(7-8-19(14)21)27-10-9-22-13-20(24)16-5-4-6-17(11-16)23-29(3,25)26/h4-8,11-12,20,22-24H,9-10,13H2,1-3H3. The van der Waals surface area contributed by atoms with Crippen LogP contribution in [0.5, 0.6) is 5.75 Å². The molecule has 6 nitrogen and oxygen atoms in total. The van der Waals surface area contributed by atoms with E-state index in [2.05, 4.69) is 36.0 Å². The van der Waals surface area contributed by atoms with Crippen molar-refractivity contribution >= 4 is 37.1 Å². The molecule has 2 aromatic carbocycles. The molecule has 0 amide bonds. The van der Waals surface area contributed by atoms with Crippen molar-refractivity contribution in [2.75, 3.05) is 30.7 Å². The molecule has 3 aromatic rings. The molecule has 0 aliphatic rings. The minimum Gasteiger partial charge on any atom is -0.492 e. The normalized spacial score (nSPS) is 12.8. The van der Waals surface area contributed by atoms with Crippen LogP contribution < -0.4 is 14.8 Å². The third-order valence-electron chi connectivity index (χ3n) is 4.61. The van der Waals surface area contributed by atoms with E-state index < -0.39 is 16.1 Å². The number of aliphatic hydroxyl groups excluding tert-OH is 1. The Morgan fingerprint density at radius 2 is 1.97 bits per heavy atom. The number of fused-ring (bicyclic) bond motifs is 1. The van der Waals surface area contributed by atoms with Crippen molar-refractivity contribution < 1.29 is 18.3 Å². The number of aliphatic hydroxyl groups is 1. The molecule has 0 bridgehead atoms. The maximum absolute atomic E-state index is 11.3. The lowest BCUT2D eigenvalue weighted by Crippen LogP contribution is -2.26. The first-order valence-electron chi connectivity index (χ1n) is 9.32. The van der Waals surface area contributed by atoms with Crippen LogP contribution in [0.25, 0.3) is 10.1 Å². The lowest BCUT2D eigenvalue weighted by Gasteiger charge is -2.14. The fraction of sp³-hybridized carbons (Fsp3) is 0.333. The summed E-state index contributed by atoms with van der Waals surface area (Å²) in [4.78, 5) is 1.32. The highest BCUT2D eigenvalue weighted by molar-refractivity contribution is 7.92. The van der Waals surface area contributed by atoms with Gasteiger partial charge in [0.15, 0.2) is 0 Å². The number of nitrogens with one attached hydrogen (secondary N) is 2. The maximum Gasteiger partial charge on any atom is 0.229 e. The molecule has 0 saturated carbocycles. The van der Waals surface area contributed by atoms with E-state index in [1.165, 1.54) is 20.5 Å². The second-order valence-electron chi connectivity index (χ2n) is 7.01. The van der Waals surface area contributed by atoms with Crippen LogP contribution in [-0.4, -0.2) is 39.5 Å². The summed E-state index contributed by atoms with van der Waals surface area (Å²) in [6.07, 6.45) is 0.348. The van der Waals surface area contributed by atoms with Gasteiger partial charge in [0.05, 0.1) is 12.4 Å². The zero-order chi connectivity index (χ0) is 21.0. The number of sulfonamides is 1. The molecule has 0 fully saturated rings. The molecular weight excluding hydrogens is 408 g/mol. The summed E-state index contributed by atoms with van der Waals surface area (Å²) >= 11 is 1.77. The van der Waals surface area contributed by atoms with Gasteiger partial charge in [-0.25, -0.2) is 8.42 Å². The average molecular weight is 435 g/mol. The van der Waals surface area contributed by atoms with Gasteiger partial charge in [-0.1, -0.05) is 12.1 Å². The second-order valence-corrected chi connectivity index (χ2v) is 10.0. The second kappa shape index (κ2) is 9.13. The van der Waals surface area contributed by atoms with Gasteiger partial charge in [-0.3, -0.25) is 4.72 Å². The number of anilines is 1. The minimum absolute atomic E-state index is 0.341. The fourth-order valence-corrected chi connectivity index (χ4v) is 4.69. The van der Waals surface area contributed by atoms with E-state index in [0.717, 1.165) is 12.0 Å². The van der Waals surface area contributed by atoms with Crippen molar-refractivity contribution in [2.45, 2.75) is 20.0 Å². The van der Waals surface area contributed by atoms with E-state index in [9.17, 15) is 13.5 Å². The molecule has 3 rings (SSSR count). The Morgan fingerprint density at radius 1 is 1.17 bits per heavy atom. The van der Waals surface area contributed by atoms with Crippen molar-refractivity contribution in [2.24, 2.45) is 0 Å². The summed E-state index contributed by atoms with van der Waals surface area (Å²) in [5.74, 6) is 0.834. The van der Waals surface area contributed by atoms with E-state index in [-0.39, 0.29) is 0 Å². The highest BCUT2D eigenvalue weighted by Gasteiger charge is 2.10. The van der Waals surface area contributed by atoms with Crippen molar-refractivity contribution in [3.8, 4) is 5.75 Å². The molecule has 1 aromatic heterocycles. The topological polar surface area (TPSA) is 87.7 Å². The van der Waals surface area contributed by atoms with Crippen LogP contribution in [0.1, 0.15) is 22.1 Å². The zero-order valence-corrected chi connectivity index (χ0v) is 18.4. The molecule has 1 heterocycles. The molecule has 0 aliphatic carbocycles. The molecular formula is C21H26N2O4S2. The summed E-state index contributed by atoms with van der Waals surface area (Å²) in [5, 5.41) is 14.8. The molecule has 156 valence electrons. The molecule has 0 aliphatic heterocycles. The maximum atomic E-state index is 11.3. The Labute approximate surface area is 175 Å². The highest BCUT2D eigenvalue weighted by atomic mass is 32.2. The number of rotatable bonds is 9. The predicted molar refractivity (Wildman–Crippen MR) is 120 cm³/mol. The van der Waals surface area contributed by atoms with Crippen molar-refractivity contribution in [1.82, 2.24) is 5.32 Å². The Hall–Kier alpha value is -2.13. The van der Waals surface area contributed by atoms with Gasteiger partial charge >= 0.3 is 0 Å². The quantitative estimate of drug-likeness (QED) is 0.448. The van der Waals surface area contributed by atoms with Crippen LogP contribution in [0.3, 0.4) is 0 Å². The first-order valence-corrected chi connectivity index (χ1v) is 12.0. The van der Waals surface area contributed by atoms with E-state index in [4.69, 9.17) is 4.74 Å². The molecule has 0 saturated heterocycles. The highest BCUT2D eigenvalue weighted by Crippen LogP contribution is 2.32. The van der Waals surface area contributed by atoms with Crippen LogP contribution in [0.4, 0.5) is 5.69 Å². The first kappa shape index (κ1) is 21.6. The Bertz CT molecular complexity index is 1090. The van der Waals surface area contributed by atoms with Gasteiger partial charge in [0, 0.05) is 28.4 Å². The smallest absolute Gasteiger partial charge is 0.229 e. The largest absolute Gasteiger partial charge is 0.492 e.